The largest absolute Gasteiger partial charge is 0.481 e. The number of nitrogens with one attached hydrogen (secondary N) is 2. The lowest BCUT2D eigenvalue weighted by Crippen LogP contribution is -2.49. The van der Waals surface area contributed by atoms with E-state index in [0.717, 1.165) is 6.07 Å². The molecule has 1 unspecified atom stereocenters. The summed E-state index contributed by atoms with van der Waals surface area (Å²) >= 11 is 0. The lowest BCUT2D eigenvalue weighted by Gasteiger charge is -2.25. The van der Waals surface area contributed by atoms with E-state index in [1.165, 1.54) is 40.7 Å². The number of hydrogen-bond donors (Lipinski definition) is 3. The Morgan fingerprint density at radius 1 is 1.13 bits per heavy atom. The van der Waals surface area contributed by atoms with Gasteiger partial charge in [0.05, 0.1) is 24.4 Å². The van der Waals surface area contributed by atoms with Crippen molar-refractivity contribution in [2.45, 2.75) is 45.7 Å². The van der Waals surface area contributed by atoms with Crippen LogP contribution in [0.25, 0.3) is 11.3 Å². The molecule has 2 aromatic heterocycles. The van der Waals surface area contributed by atoms with E-state index in [-0.39, 0.29) is 29.0 Å². The molecule has 0 aliphatic rings. The van der Waals surface area contributed by atoms with Gasteiger partial charge < -0.3 is 20.3 Å². The van der Waals surface area contributed by atoms with Gasteiger partial charge in [-0.15, -0.1) is 0 Å². The van der Waals surface area contributed by atoms with Crippen LogP contribution in [0.4, 0.5) is 8.78 Å². The number of amides is 2. The Bertz CT molecular complexity index is 1440. The molecule has 0 fully saturated rings. The van der Waals surface area contributed by atoms with Crippen molar-refractivity contribution in [2.24, 2.45) is 20.0 Å². The second-order valence-corrected chi connectivity index (χ2v) is 9.81. The number of rotatable bonds is 10. The molecule has 3 N–H and O–H groups in total. The number of carboxylic acids is 1. The Labute approximate surface area is 223 Å². The van der Waals surface area contributed by atoms with E-state index in [9.17, 15) is 28.7 Å². The number of benzene rings is 1. The molecule has 3 rings (SSSR count). The fourth-order valence-electron chi connectivity index (χ4n) is 4.36. The molecule has 2 heterocycles. The van der Waals surface area contributed by atoms with Crippen molar-refractivity contribution in [3.63, 3.8) is 0 Å². The molecule has 0 spiro atoms. The Morgan fingerprint density at radius 3 is 2.41 bits per heavy atom. The monoisotopic (exact) mass is 543 g/mol. The number of aliphatic carboxylic acids is 1. The molecule has 10 nitrogen and oxygen atoms in total. The molecule has 2 amide bonds. The van der Waals surface area contributed by atoms with Gasteiger partial charge in [0.2, 0.25) is 5.91 Å². The van der Waals surface area contributed by atoms with Gasteiger partial charge in [-0.1, -0.05) is 13.8 Å². The number of carbonyl (C=O) groups excluding carboxylic acids is 2. The lowest BCUT2D eigenvalue weighted by atomic mass is 9.96. The molecule has 2 atom stereocenters. The minimum Gasteiger partial charge on any atom is -0.481 e. The minimum absolute atomic E-state index is 0.0945. The number of carbonyl (C=O) groups is 3. The van der Waals surface area contributed by atoms with Gasteiger partial charge in [-0.05, 0) is 49.1 Å². The Morgan fingerprint density at radius 2 is 1.82 bits per heavy atom. The van der Waals surface area contributed by atoms with Crippen LogP contribution in [0.1, 0.15) is 54.2 Å². The Balaban J connectivity index is 1.98. The van der Waals surface area contributed by atoms with E-state index in [0.29, 0.717) is 11.3 Å². The van der Waals surface area contributed by atoms with Gasteiger partial charge in [0.1, 0.15) is 11.6 Å². The normalized spacial score (nSPS) is 12.7. The van der Waals surface area contributed by atoms with E-state index in [4.69, 9.17) is 0 Å². The first-order valence-corrected chi connectivity index (χ1v) is 12.3. The van der Waals surface area contributed by atoms with Crippen molar-refractivity contribution in [1.29, 1.82) is 0 Å². The van der Waals surface area contributed by atoms with Crippen molar-refractivity contribution >= 4 is 17.8 Å². The van der Waals surface area contributed by atoms with E-state index in [1.807, 2.05) is 0 Å². The summed E-state index contributed by atoms with van der Waals surface area (Å²) in [6.45, 7) is 5.34. The topological polar surface area (TPSA) is 135 Å². The third-order valence-corrected chi connectivity index (χ3v) is 6.22. The predicted octanol–water partition coefficient (Wildman–Crippen LogP) is 2.85. The number of halogens is 2. The van der Waals surface area contributed by atoms with Gasteiger partial charge in [0.25, 0.3) is 11.5 Å². The van der Waals surface area contributed by atoms with Gasteiger partial charge in [-0.2, -0.15) is 5.10 Å². The first-order chi connectivity index (χ1) is 18.3. The minimum atomic E-state index is -1.46. The predicted molar refractivity (Wildman–Crippen MR) is 139 cm³/mol. The highest BCUT2D eigenvalue weighted by Gasteiger charge is 2.30. The van der Waals surface area contributed by atoms with Crippen molar-refractivity contribution in [2.75, 3.05) is 0 Å². The molecule has 0 bridgehead atoms. The van der Waals surface area contributed by atoms with Crippen LogP contribution in [0, 0.1) is 24.5 Å². The average Bonchev–Trinajstić information content (AvgIpc) is 3.18. The van der Waals surface area contributed by atoms with Crippen LogP contribution in [-0.4, -0.2) is 43.3 Å². The summed E-state index contributed by atoms with van der Waals surface area (Å²) in [7, 11) is 3.10. The third-order valence-electron chi connectivity index (χ3n) is 6.22. The van der Waals surface area contributed by atoms with Crippen LogP contribution in [0.3, 0.4) is 0 Å². The maximum Gasteiger partial charge on any atom is 0.305 e. The zero-order valence-corrected chi connectivity index (χ0v) is 22.3. The van der Waals surface area contributed by atoms with Crippen LogP contribution < -0.4 is 16.2 Å². The van der Waals surface area contributed by atoms with E-state index in [1.54, 1.807) is 34.0 Å². The van der Waals surface area contributed by atoms with Crippen LogP contribution in [0.5, 0.6) is 0 Å². The summed E-state index contributed by atoms with van der Waals surface area (Å²) in [5, 5.41) is 18.6. The first kappa shape index (κ1) is 29.2. The molecule has 39 heavy (non-hydrogen) atoms. The number of aryl methyl sites for hydroxylation is 3. The molecule has 0 aliphatic heterocycles. The van der Waals surface area contributed by atoms with Gasteiger partial charge in [0.15, 0.2) is 11.6 Å². The molecular weight excluding hydrogens is 512 g/mol. The van der Waals surface area contributed by atoms with Crippen molar-refractivity contribution < 1.29 is 28.3 Å². The van der Waals surface area contributed by atoms with Crippen LogP contribution in [0.15, 0.2) is 41.5 Å². The highest BCUT2D eigenvalue weighted by Crippen LogP contribution is 2.31. The summed E-state index contributed by atoms with van der Waals surface area (Å²) in [4.78, 5) is 50.3. The maximum atomic E-state index is 15.1. The maximum absolute atomic E-state index is 15.1. The highest BCUT2D eigenvalue weighted by atomic mass is 19.2. The summed E-state index contributed by atoms with van der Waals surface area (Å²) in [5.74, 6) is -5.58. The quantitative estimate of drug-likeness (QED) is 0.360. The average molecular weight is 544 g/mol. The van der Waals surface area contributed by atoms with Gasteiger partial charge in [0, 0.05) is 31.4 Å². The third kappa shape index (κ3) is 6.75. The SMILES string of the molecule is Cc1cnn(C)c1-c1cc(F)c(F)c(C(CC(=O)O)NC(=O)[C@H](CC(C)C)NC(=O)c2cccn(C)c2=O)c1. The number of nitrogens with zero attached hydrogens (tertiary/aromatic N) is 3. The molecule has 208 valence electrons. The number of aromatic nitrogens is 3. The Kier molecular flexibility index (Phi) is 9.00. The van der Waals surface area contributed by atoms with Crippen LogP contribution >= 0.6 is 0 Å². The molecule has 0 saturated heterocycles. The van der Waals surface area contributed by atoms with E-state index < -0.39 is 53.5 Å². The molecule has 0 aliphatic carbocycles. The Hall–Kier alpha value is -4.35. The first-order valence-electron chi connectivity index (χ1n) is 12.3. The summed E-state index contributed by atoms with van der Waals surface area (Å²) in [6.07, 6.45) is 2.40. The van der Waals surface area contributed by atoms with E-state index in [2.05, 4.69) is 15.7 Å². The second kappa shape index (κ2) is 12.0. The van der Waals surface area contributed by atoms with Gasteiger partial charge in [-0.25, -0.2) is 8.78 Å². The molecule has 1 aromatic carbocycles. The second-order valence-electron chi connectivity index (χ2n) is 9.81. The van der Waals surface area contributed by atoms with Crippen molar-refractivity contribution in [3.05, 3.63) is 75.3 Å². The number of carboxylic acid groups (broad SMARTS) is 1. The number of hydrogen-bond acceptors (Lipinski definition) is 5. The lowest BCUT2D eigenvalue weighted by molar-refractivity contribution is -0.137. The summed E-state index contributed by atoms with van der Waals surface area (Å²) in [6, 6.07) is 2.43. The summed E-state index contributed by atoms with van der Waals surface area (Å²) < 4.78 is 32.5. The molecule has 12 heteroatoms. The van der Waals surface area contributed by atoms with Crippen LogP contribution in [-0.2, 0) is 23.7 Å². The zero-order valence-electron chi connectivity index (χ0n) is 22.3. The standard InChI is InChI=1S/C27H31F2N5O5/c1-14(2)9-21(32-25(37)17-7-6-8-33(4)27(17)39)26(38)31-20(12-22(35)36)18-10-16(11-19(28)23(18)29)24-15(3)13-30-34(24)5/h6-8,10-11,13-14,20-21H,9,12H2,1-5H3,(H,31,38)(H,32,37)(H,35,36)/t20?,21-/m0/s1. The van der Waals surface area contributed by atoms with Gasteiger partial charge >= 0.3 is 5.97 Å². The van der Waals surface area contributed by atoms with Crippen LogP contribution in [0.2, 0.25) is 0 Å². The van der Waals surface area contributed by atoms with Gasteiger partial charge in [-0.3, -0.25) is 23.9 Å². The number of pyridine rings is 1. The summed E-state index contributed by atoms with van der Waals surface area (Å²) in [5.41, 5.74) is 0.300. The zero-order chi connectivity index (χ0) is 29.0. The molecule has 0 saturated carbocycles. The van der Waals surface area contributed by atoms with E-state index >= 15 is 4.39 Å². The fourth-order valence-corrected chi connectivity index (χ4v) is 4.36. The molecular formula is C27H31F2N5O5. The smallest absolute Gasteiger partial charge is 0.305 e. The van der Waals surface area contributed by atoms with Crippen molar-refractivity contribution in [3.8, 4) is 11.3 Å². The highest BCUT2D eigenvalue weighted by molar-refractivity contribution is 5.97. The fraction of sp³-hybridized carbons (Fsp3) is 0.370. The molecule has 0 radical (unpaired) electrons. The molecule has 3 aromatic rings. The van der Waals surface area contributed by atoms with Crippen molar-refractivity contribution in [1.82, 2.24) is 25.0 Å².